The van der Waals surface area contributed by atoms with E-state index in [1.54, 1.807) is 0 Å². The highest BCUT2D eigenvalue weighted by molar-refractivity contribution is 4.90. The van der Waals surface area contributed by atoms with E-state index in [9.17, 15) is 0 Å². The van der Waals surface area contributed by atoms with E-state index in [0.717, 1.165) is 18.0 Å². The summed E-state index contributed by atoms with van der Waals surface area (Å²) < 4.78 is 0. The number of hydrogen-bond acceptors (Lipinski definition) is 3. The van der Waals surface area contributed by atoms with Crippen molar-refractivity contribution in [2.24, 2.45) is 5.92 Å². The second-order valence-corrected chi connectivity index (χ2v) is 6.81. The van der Waals surface area contributed by atoms with Crippen molar-refractivity contribution in [1.29, 1.82) is 0 Å². The molecule has 3 fully saturated rings. The van der Waals surface area contributed by atoms with Crippen molar-refractivity contribution in [2.75, 3.05) is 39.3 Å². The van der Waals surface area contributed by atoms with Crippen LogP contribution in [0.5, 0.6) is 0 Å². The van der Waals surface area contributed by atoms with Gasteiger partial charge in [0.15, 0.2) is 0 Å². The van der Waals surface area contributed by atoms with Crippen LogP contribution in [-0.4, -0.2) is 61.2 Å². The topological polar surface area (TPSA) is 18.5 Å². The molecule has 0 aromatic carbocycles. The smallest absolute Gasteiger partial charge is 0.0122 e. The Bertz CT molecular complexity index is 275. The molecule has 3 heteroatoms. The first-order chi connectivity index (χ1) is 9.36. The van der Waals surface area contributed by atoms with E-state index in [4.69, 9.17) is 0 Å². The van der Waals surface area contributed by atoms with E-state index in [2.05, 4.69) is 22.0 Å². The van der Waals surface area contributed by atoms with Gasteiger partial charge in [0.05, 0.1) is 0 Å². The third-order valence-corrected chi connectivity index (χ3v) is 5.61. The molecule has 110 valence electrons. The van der Waals surface area contributed by atoms with Crippen LogP contribution in [0, 0.1) is 5.92 Å². The number of rotatable bonds is 4. The monoisotopic (exact) mass is 265 g/mol. The van der Waals surface area contributed by atoms with Gasteiger partial charge in [-0.25, -0.2) is 0 Å². The van der Waals surface area contributed by atoms with Crippen molar-refractivity contribution in [2.45, 2.75) is 57.5 Å². The van der Waals surface area contributed by atoms with Crippen LogP contribution in [0.2, 0.25) is 0 Å². The Morgan fingerprint density at radius 1 is 1.16 bits per heavy atom. The number of nitrogens with one attached hydrogen (secondary N) is 1. The van der Waals surface area contributed by atoms with Crippen LogP contribution in [0.3, 0.4) is 0 Å². The molecule has 1 N–H and O–H groups in total. The Balaban J connectivity index is 1.52. The predicted octanol–water partition coefficient (Wildman–Crippen LogP) is 1.93. The standard InChI is InChI=1S/C16H31N3/c1-2-18(13-14-5-3-8-17-12-14)16-7-10-19-9-4-6-15(19)11-16/h14-17H,2-13H2,1H3. The van der Waals surface area contributed by atoms with E-state index < -0.39 is 0 Å². The SMILES string of the molecule is CCN(CC1CCCNC1)C1CCN2CCCC2C1. The van der Waals surface area contributed by atoms with Crippen LogP contribution in [0.1, 0.15) is 45.4 Å². The molecule has 0 aromatic rings. The summed E-state index contributed by atoms with van der Waals surface area (Å²) in [6.07, 6.45) is 8.56. The summed E-state index contributed by atoms with van der Waals surface area (Å²) in [5, 5.41) is 3.57. The molecule has 19 heavy (non-hydrogen) atoms. The van der Waals surface area contributed by atoms with Gasteiger partial charge in [-0.1, -0.05) is 6.92 Å². The highest BCUT2D eigenvalue weighted by Crippen LogP contribution is 2.30. The molecule has 3 atom stereocenters. The van der Waals surface area contributed by atoms with Crippen molar-refractivity contribution in [3.05, 3.63) is 0 Å². The van der Waals surface area contributed by atoms with E-state index >= 15 is 0 Å². The maximum absolute atomic E-state index is 3.57. The van der Waals surface area contributed by atoms with Gasteiger partial charge in [0.1, 0.15) is 0 Å². The average Bonchev–Trinajstić information content (AvgIpc) is 2.93. The Labute approximate surface area is 118 Å². The molecular weight excluding hydrogens is 234 g/mol. The molecular formula is C16H31N3. The Hall–Kier alpha value is -0.120. The minimum atomic E-state index is 0.867. The molecule has 3 rings (SSSR count). The van der Waals surface area contributed by atoms with Gasteiger partial charge < -0.3 is 15.1 Å². The maximum Gasteiger partial charge on any atom is 0.0122 e. The summed E-state index contributed by atoms with van der Waals surface area (Å²) in [6, 6.07) is 1.78. The van der Waals surface area contributed by atoms with Crippen molar-refractivity contribution in [3.8, 4) is 0 Å². The molecule has 3 saturated heterocycles. The molecule has 3 unspecified atom stereocenters. The molecule has 0 radical (unpaired) electrons. The Morgan fingerprint density at radius 2 is 2.11 bits per heavy atom. The van der Waals surface area contributed by atoms with Gasteiger partial charge in [-0.05, 0) is 77.2 Å². The van der Waals surface area contributed by atoms with Crippen LogP contribution in [0.25, 0.3) is 0 Å². The van der Waals surface area contributed by atoms with Crippen LogP contribution in [0.4, 0.5) is 0 Å². The predicted molar refractivity (Wildman–Crippen MR) is 80.5 cm³/mol. The van der Waals surface area contributed by atoms with Gasteiger partial charge in [0.25, 0.3) is 0 Å². The van der Waals surface area contributed by atoms with Gasteiger partial charge >= 0.3 is 0 Å². The summed E-state index contributed by atoms with van der Waals surface area (Å²) >= 11 is 0. The first-order valence-corrected chi connectivity index (χ1v) is 8.55. The number of nitrogens with zero attached hydrogens (tertiary/aromatic N) is 2. The molecule has 3 heterocycles. The summed E-state index contributed by atoms with van der Waals surface area (Å²) in [4.78, 5) is 5.54. The van der Waals surface area contributed by atoms with Crippen molar-refractivity contribution < 1.29 is 0 Å². The lowest BCUT2D eigenvalue weighted by Gasteiger charge is -2.42. The van der Waals surface area contributed by atoms with Gasteiger partial charge in [0.2, 0.25) is 0 Å². The van der Waals surface area contributed by atoms with Crippen molar-refractivity contribution >= 4 is 0 Å². The van der Waals surface area contributed by atoms with E-state index in [0.29, 0.717) is 0 Å². The van der Waals surface area contributed by atoms with Gasteiger partial charge in [-0.15, -0.1) is 0 Å². The summed E-state index contributed by atoms with van der Waals surface area (Å²) in [5.41, 5.74) is 0. The van der Waals surface area contributed by atoms with Crippen LogP contribution in [0.15, 0.2) is 0 Å². The van der Waals surface area contributed by atoms with E-state index in [1.807, 2.05) is 0 Å². The maximum atomic E-state index is 3.57. The number of fused-ring (bicyclic) bond motifs is 1. The fourth-order valence-electron chi connectivity index (χ4n) is 4.48. The van der Waals surface area contributed by atoms with Crippen LogP contribution in [-0.2, 0) is 0 Å². The molecule has 0 amide bonds. The first-order valence-electron chi connectivity index (χ1n) is 8.55. The van der Waals surface area contributed by atoms with Crippen LogP contribution >= 0.6 is 0 Å². The second-order valence-electron chi connectivity index (χ2n) is 6.81. The van der Waals surface area contributed by atoms with Crippen LogP contribution < -0.4 is 5.32 Å². The van der Waals surface area contributed by atoms with Gasteiger partial charge in [-0.3, -0.25) is 0 Å². The largest absolute Gasteiger partial charge is 0.316 e. The lowest BCUT2D eigenvalue weighted by atomic mass is 9.93. The van der Waals surface area contributed by atoms with Gasteiger partial charge in [0, 0.05) is 18.6 Å². The fraction of sp³-hybridized carbons (Fsp3) is 1.00. The highest BCUT2D eigenvalue weighted by atomic mass is 15.2. The Kier molecular flexibility index (Phi) is 4.78. The first kappa shape index (κ1) is 13.8. The molecule has 0 aliphatic carbocycles. The lowest BCUT2D eigenvalue weighted by Crippen LogP contribution is -2.49. The number of hydrogen-bond donors (Lipinski definition) is 1. The molecule has 0 aromatic heterocycles. The quantitative estimate of drug-likeness (QED) is 0.838. The minimum absolute atomic E-state index is 0.867. The molecule has 0 saturated carbocycles. The normalized spacial score (nSPS) is 36.6. The highest BCUT2D eigenvalue weighted by Gasteiger charge is 2.34. The zero-order chi connectivity index (χ0) is 13.1. The van der Waals surface area contributed by atoms with E-state index in [1.165, 1.54) is 77.8 Å². The third kappa shape index (κ3) is 3.32. The van der Waals surface area contributed by atoms with Gasteiger partial charge in [-0.2, -0.15) is 0 Å². The molecule has 3 aliphatic rings. The molecule has 0 bridgehead atoms. The van der Waals surface area contributed by atoms with Crippen molar-refractivity contribution in [1.82, 2.24) is 15.1 Å². The molecule has 3 aliphatic heterocycles. The fourth-order valence-corrected chi connectivity index (χ4v) is 4.48. The zero-order valence-corrected chi connectivity index (χ0v) is 12.6. The third-order valence-electron chi connectivity index (χ3n) is 5.61. The average molecular weight is 265 g/mol. The molecule has 3 nitrogen and oxygen atoms in total. The zero-order valence-electron chi connectivity index (χ0n) is 12.6. The summed E-state index contributed by atoms with van der Waals surface area (Å²) in [6.45, 7) is 10.2. The molecule has 0 spiro atoms. The Morgan fingerprint density at radius 3 is 2.89 bits per heavy atom. The lowest BCUT2D eigenvalue weighted by molar-refractivity contribution is 0.0764. The van der Waals surface area contributed by atoms with Crippen molar-refractivity contribution in [3.63, 3.8) is 0 Å². The van der Waals surface area contributed by atoms with E-state index in [-0.39, 0.29) is 0 Å². The summed E-state index contributed by atoms with van der Waals surface area (Å²) in [5.74, 6) is 0.898. The minimum Gasteiger partial charge on any atom is -0.316 e. The summed E-state index contributed by atoms with van der Waals surface area (Å²) in [7, 11) is 0. The second kappa shape index (κ2) is 6.55. The number of piperidine rings is 2.